The van der Waals surface area contributed by atoms with Crippen LogP contribution < -0.4 is 5.32 Å². The second kappa shape index (κ2) is 7.14. The number of aryl methyl sites for hydroxylation is 2. The van der Waals surface area contributed by atoms with E-state index < -0.39 is 0 Å². The van der Waals surface area contributed by atoms with Gasteiger partial charge in [0.15, 0.2) is 0 Å². The summed E-state index contributed by atoms with van der Waals surface area (Å²) in [6.45, 7) is 3.93. The van der Waals surface area contributed by atoms with Crippen LogP contribution in [0, 0.1) is 13.8 Å². The van der Waals surface area contributed by atoms with Crippen LogP contribution in [0.4, 0.5) is 5.69 Å². The number of pyridine rings is 1. The summed E-state index contributed by atoms with van der Waals surface area (Å²) < 4.78 is 0. The van der Waals surface area contributed by atoms with Crippen LogP contribution in [0.3, 0.4) is 0 Å². The Labute approximate surface area is 166 Å². The molecule has 0 unspecified atom stereocenters. The van der Waals surface area contributed by atoms with Crippen LogP contribution in [-0.4, -0.2) is 10.9 Å². The fourth-order valence-corrected chi connectivity index (χ4v) is 3.90. The minimum atomic E-state index is -0.160. The number of hydrogen-bond acceptors (Lipinski definition) is 3. The molecule has 0 saturated carbocycles. The summed E-state index contributed by atoms with van der Waals surface area (Å²) in [4.78, 5) is 18.9. The molecule has 0 aliphatic carbocycles. The van der Waals surface area contributed by atoms with Crippen LogP contribution in [0.1, 0.15) is 21.5 Å². The molecule has 1 N–H and O–H groups in total. The molecule has 2 heterocycles. The first-order valence-electron chi connectivity index (χ1n) is 8.54. The molecule has 2 aromatic heterocycles. The summed E-state index contributed by atoms with van der Waals surface area (Å²) >= 11 is 7.90. The number of anilines is 1. The van der Waals surface area contributed by atoms with Crippen LogP contribution in [0.5, 0.6) is 0 Å². The van der Waals surface area contributed by atoms with Crippen molar-refractivity contribution >= 4 is 45.4 Å². The highest BCUT2D eigenvalue weighted by Crippen LogP contribution is 2.32. The van der Waals surface area contributed by atoms with Gasteiger partial charge in [0, 0.05) is 16.1 Å². The van der Waals surface area contributed by atoms with Gasteiger partial charge in [0.05, 0.1) is 21.7 Å². The van der Waals surface area contributed by atoms with E-state index in [-0.39, 0.29) is 5.91 Å². The quantitative estimate of drug-likeness (QED) is 0.433. The molecule has 5 heteroatoms. The summed E-state index contributed by atoms with van der Waals surface area (Å²) in [7, 11) is 0. The second-order valence-corrected chi connectivity index (χ2v) is 7.78. The van der Waals surface area contributed by atoms with Gasteiger partial charge in [0.1, 0.15) is 0 Å². The number of thiophene rings is 1. The van der Waals surface area contributed by atoms with Crippen LogP contribution in [0.25, 0.3) is 21.5 Å². The second-order valence-electron chi connectivity index (χ2n) is 6.42. The van der Waals surface area contributed by atoms with E-state index in [2.05, 4.69) is 5.32 Å². The minimum Gasteiger partial charge on any atom is -0.322 e. The molecule has 1 amide bonds. The number of fused-ring (bicyclic) bond motifs is 1. The van der Waals surface area contributed by atoms with Gasteiger partial charge in [-0.05, 0) is 60.7 Å². The van der Waals surface area contributed by atoms with Crippen molar-refractivity contribution in [2.24, 2.45) is 0 Å². The van der Waals surface area contributed by atoms with Gasteiger partial charge in [-0.2, -0.15) is 0 Å². The van der Waals surface area contributed by atoms with Gasteiger partial charge in [-0.3, -0.25) is 4.79 Å². The number of hydrogen-bond donors (Lipinski definition) is 1. The molecule has 3 nitrogen and oxygen atoms in total. The zero-order chi connectivity index (χ0) is 19.0. The van der Waals surface area contributed by atoms with Crippen molar-refractivity contribution in [1.29, 1.82) is 0 Å². The Hall–Kier alpha value is -2.69. The first-order valence-corrected chi connectivity index (χ1v) is 9.80. The zero-order valence-corrected chi connectivity index (χ0v) is 16.5. The molecule has 0 fully saturated rings. The first kappa shape index (κ1) is 17.7. The maximum absolute atomic E-state index is 13.1. The topological polar surface area (TPSA) is 42.0 Å². The Morgan fingerprint density at radius 2 is 1.93 bits per heavy atom. The number of aromatic nitrogens is 1. The fourth-order valence-electron chi connectivity index (χ4n) is 3.06. The molecule has 0 radical (unpaired) electrons. The average Bonchev–Trinajstić information content (AvgIpc) is 3.19. The lowest BCUT2D eigenvalue weighted by molar-refractivity contribution is 0.102. The average molecular weight is 393 g/mol. The molecule has 0 aliphatic rings. The third kappa shape index (κ3) is 3.46. The lowest BCUT2D eigenvalue weighted by atomic mass is 10.0. The van der Waals surface area contributed by atoms with Crippen LogP contribution >= 0.6 is 22.9 Å². The number of halogens is 1. The third-order valence-electron chi connectivity index (χ3n) is 4.46. The Kier molecular flexibility index (Phi) is 4.68. The summed E-state index contributed by atoms with van der Waals surface area (Å²) in [5.74, 6) is -0.160. The Morgan fingerprint density at radius 1 is 1.07 bits per heavy atom. The van der Waals surface area contributed by atoms with E-state index in [4.69, 9.17) is 16.6 Å². The summed E-state index contributed by atoms with van der Waals surface area (Å²) in [5, 5.41) is 6.44. The lowest BCUT2D eigenvalue weighted by Gasteiger charge is -2.12. The standard InChI is InChI=1S/C22H17ClN2OS/c1-13-5-3-6-15(11-13)24-22(26)17-12-19(20-7-4-10-27-20)25-21-14(2)18(23)9-8-16(17)21/h3-12H,1-2H3,(H,24,26). The van der Waals surface area contributed by atoms with E-state index in [9.17, 15) is 4.79 Å². The van der Waals surface area contributed by atoms with Gasteiger partial charge in [0.25, 0.3) is 5.91 Å². The molecular weight excluding hydrogens is 376 g/mol. The Bertz CT molecular complexity index is 1150. The van der Waals surface area contributed by atoms with Crippen molar-refractivity contribution < 1.29 is 4.79 Å². The van der Waals surface area contributed by atoms with E-state index in [0.717, 1.165) is 38.3 Å². The number of benzene rings is 2. The highest BCUT2D eigenvalue weighted by atomic mass is 35.5. The molecule has 134 valence electrons. The van der Waals surface area contributed by atoms with Crippen molar-refractivity contribution in [2.75, 3.05) is 5.32 Å². The van der Waals surface area contributed by atoms with Gasteiger partial charge in [-0.1, -0.05) is 35.9 Å². The van der Waals surface area contributed by atoms with Crippen molar-refractivity contribution in [3.63, 3.8) is 0 Å². The van der Waals surface area contributed by atoms with E-state index in [1.807, 2.05) is 73.8 Å². The monoisotopic (exact) mass is 392 g/mol. The van der Waals surface area contributed by atoms with Crippen molar-refractivity contribution in [2.45, 2.75) is 13.8 Å². The summed E-state index contributed by atoms with van der Waals surface area (Å²) in [6, 6.07) is 17.3. The van der Waals surface area contributed by atoms with Crippen LogP contribution in [-0.2, 0) is 0 Å². The fraction of sp³-hybridized carbons (Fsp3) is 0.0909. The predicted molar refractivity (Wildman–Crippen MR) is 114 cm³/mol. The first-order chi connectivity index (χ1) is 13.0. The molecule has 0 spiro atoms. The molecule has 4 aromatic rings. The molecule has 0 saturated heterocycles. The lowest BCUT2D eigenvalue weighted by Crippen LogP contribution is -2.13. The molecular formula is C22H17ClN2OS. The molecule has 27 heavy (non-hydrogen) atoms. The van der Waals surface area contributed by atoms with Gasteiger partial charge >= 0.3 is 0 Å². The largest absolute Gasteiger partial charge is 0.322 e. The number of carbonyl (C=O) groups is 1. The van der Waals surface area contributed by atoms with E-state index in [1.165, 1.54) is 0 Å². The Morgan fingerprint density at radius 3 is 2.67 bits per heavy atom. The molecule has 2 aromatic carbocycles. The smallest absolute Gasteiger partial charge is 0.256 e. The number of nitrogens with zero attached hydrogens (tertiary/aromatic N) is 1. The molecule has 0 atom stereocenters. The van der Waals surface area contributed by atoms with Crippen LogP contribution in [0.15, 0.2) is 60.0 Å². The summed E-state index contributed by atoms with van der Waals surface area (Å²) in [5.41, 5.74) is 4.85. The van der Waals surface area contributed by atoms with E-state index in [1.54, 1.807) is 11.3 Å². The van der Waals surface area contributed by atoms with Crippen molar-refractivity contribution in [1.82, 2.24) is 4.98 Å². The van der Waals surface area contributed by atoms with Gasteiger partial charge in [0.2, 0.25) is 0 Å². The molecule has 0 aliphatic heterocycles. The number of rotatable bonds is 3. The highest BCUT2D eigenvalue weighted by Gasteiger charge is 2.17. The van der Waals surface area contributed by atoms with Gasteiger partial charge < -0.3 is 5.32 Å². The molecule has 4 rings (SSSR count). The maximum atomic E-state index is 13.1. The van der Waals surface area contributed by atoms with E-state index in [0.29, 0.717) is 10.6 Å². The van der Waals surface area contributed by atoms with E-state index >= 15 is 0 Å². The number of carbonyl (C=O) groups excluding carboxylic acids is 1. The minimum absolute atomic E-state index is 0.160. The van der Waals surface area contributed by atoms with Crippen molar-refractivity contribution in [3.8, 4) is 10.6 Å². The van der Waals surface area contributed by atoms with Gasteiger partial charge in [-0.25, -0.2) is 4.98 Å². The zero-order valence-electron chi connectivity index (χ0n) is 14.9. The SMILES string of the molecule is Cc1cccc(NC(=O)c2cc(-c3cccs3)nc3c(C)c(Cl)ccc23)c1. The Balaban J connectivity index is 1.87. The number of nitrogens with one attached hydrogen (secondary N) is 1. The maximum Gasteiger partial charge on any atom is 0.256 e. The van der Waals surface area contributed by atoms with Crippen molar-refractivity contribution in [3.05, 3.63) is 81.7 Å². The predicted octanol–water partition coefficient (Wildman–Crippen LogP) is 6.49. The van der Waals surface area contributed by atoms with Crippen LogP contribution in [0.2, 0.25) is 5.02 Å². The highest BCUT2D eigenvalue weighted by molar-refractivity contribution is 7.13. The normalized spacial score (nSPS) is 10.9. The summed E-state index contributed by atoms with van der Waals surface area (Å²) in [6.07, 6.45) is 0. The third-order valence-corrected chi connectivity index (χ3v) is 5.76. The van der Waals surface area contributed by atoms with Gasteiger partial charge in [-0.15, -0.1) is 11.3 Å². The number of amides is 1. The molecule has 0 bridgehead atoms.